The highest BCUT2D eigenvalue weighted by Gasteiger charge is 2.45. The van der Waals surface area contributed by atoms with Gasteiger partial charge in [0.05, 0.1) is 0 Å². The quantitative estimate of drug-likeness (QED) is 0.491. The summed E-state index contributed by atoms with van der Waals surface area (Å²) in [4.78, 5) is 5.45. The van der Waals surface area contributed by atoms with Crippen LogP contribution in [-0.4, -0.2) is 48.1 Å². The second-order valence-electron chi connectivity index (χ2n) is 4.44. The first-order valence-corrected chi connectivity index (χ1v) is 4.88. The van der Waals surface area contributed by atoms with Gasteiger partial charge in [-0.15, -0.1) is 0 Å². The van der Waals surface area contributed by atoms with Crippen molar-refractivity contribution >= 4 is 0 Å². The van der Waals surface area contributed by atoms with Crippen LogP contribution in [0.2, 0.25) is 0 Å². The zero-order chi connectivity index (χ0) is 10.8. The molecule has 1 aliphatic rings. The molecule has 1 aliphatic heterocycles. The second kappa shape index (κ2) is 4.26. The van der Waals surface area contributed by atoms with Crippen molar-refractivity contribution in [1.29, 1.82) is 0 Å². The summed E-state index contributed by atoms with van der Waals surface area (Å²) in [5, 5.41) is 18.8. The molecule has 1 saturated heterocycles. The van der Waals surface area contributed by atoms with Gasteiger partial charge in [0.2, 0.25) is 6.54 Å². The average molecular weight is 198 g/mol. The number of rotatable bonds is 2. The standard InChI is InChI=1S/C10H18N2O2/c1-10(9(13)14)7-12(3)5-4-8(10)6-11-2/h8-9,13-14H,4-7H2,1,3H3. The van der Waals surface area contributed by atoms with Crippen molar-refractivity contribution < 1.29 is 10.2 Å². The van der Waals surface area contributed by atoms with E-state index in [1.165, 1.54) is 0 Å². The number of nitrogens with zero attached hydrogens (tertiary/aromatic N) is 2. The van der Waals surface area contributed by atoms with E-state index in [0.29, 0.717) is 13.1 Å². The normalized spacial score (nSPS) is 34.4. The molecule has 14 heavy (non-hydrogen) atoms. The number of hydrogen-bond acceptors (Lipinski definition) is 3. The van der Waals surface area contributed by atoms with Gasteiger partial charge >= 0.3 is 0 Å². The Morgan fingerprint density at radius 3 is 2.79 bits per heavy atom. The SMILES string of the molecule is [C-]#[N+]CC1CCN(C)CC1(C)C(O)O. The molecule has 1 rings (SSSR count). The smallest absolute Gasteiger partial charge is 0.218 e. The molecule has 80 valence electrons. The van der Waals surface area contributed by atoms with Crippen molar-refractivity contribution in [2.75, 3.05) is 26.7 Å². The molecule has 0 aromatic heterocycles. The highest BCUT2D eigenvalue weighted by molar-refractivity contribution is 4.93. The van der Waals surface area contributed by atoms with Crippen LogP contribution in [0.5, 0.6) is 0 Å². The van der Waals surface area contributed by atoms with Crippen molar-refractivity contribution in [2.45, 2.75) is 19.6 Å². The third-order valence-electron chi connectivity index (χ3n) is 3.30. The van der Waals surface area contributed by atoms with Crippen molar-refractivity contribution in [3.05, 3.63) is 11.4 Å². The molecule has 2 atom stereocenters. The lowest BCUT2D eigenvalue weighted by molar-refractivity contribution is -0.167. The van der Waals surface area contributed by atoms with Gasteiger partial charge in [-0.2, -0.15) is 0 Å². The molecule has 4 nitrogen and oxygen atoms in total. The fourth-order valence-corrected chi connectivity index (χ4v) is 2.20. The summed E-state index contributed by atoms with van der Waals surface area (Å²) in [6.07, 6.45) is -0.468. The van der Waals surface area contributed by atoms with Crippen molar-refractivity contribution in [3.63, 3.8) is 0 Å². The maximum absolute atomic E-state index is 9.38. The molecular weight excluding hydrogens is 180 g/mol. The van der Waals surface area contributed by atoms with E-state index in [4.69, 9.17) is 6.57 Å². The molecule has 1 heterocycles. The average Bonchev–Trinajstić information content (AvgIpc) is 2.10. The summed E-state index contributed by atoms with van der Waals surface area (Å²) in [5.74, 6) is 0.0937. The van der Waals surface area contributed by atoms with Crippen LogP contribution in [0.15, 0.2) is 0 Å². The minimum atomic E-state index is -1.34. The topological polar surface area (TPSA) is 48.1 Å². The van der Waals surface area contributed by atoms with Crippen molar-refractivity contribution in [3.8, 4) is 0 Å². The number of hydrogen-bond donors (Lipinski definition) is 2. The molecule has 0 aromatic carbocycles. The van der Waals surface area contributed by atoms with Gasteiger partial charge in [0.1, 0.15) is 0 Å². The highest BCUT2D eigenvalue weighted by Crippen LogP contribution is 2.37. The second-order valence-corrected chi connectivity index (χ2v) is 4.44. The number of likely N-dealkylation sites (tertiary alicyclic amines) is 1. The van der Waals surface area contributed by atoms with Gasteiger partial charge in [-0.05, 0) is 20.0 Å². The maximum Gasteiger partial charge on any atom is 0.218 e. The monoisotopic (exact) mass is 198 g/mol. The van der Waals surface area contributed by atoms with Crippen LogP contribution in [0.1, 0.15) is 13.3 Å². The molecule has 0 saturated carbocycles. The van der Waals surface area contributed by atoms with Crippen LogP contribution in [0.3, 0.4) is 0 Å². The Balaban J connectivity index is 2.78. The summed E-state index contributed by atoms with van der Waals surface area (Å²) in [7, 11) is 1.97. The predicted molar refractivity (Wildman–Crippen MR) is 53.4 cm³/mol. The summed E-state index contributed by atoms with van der Waals surface area (Å²) in [5.41, 5.74) is -0.558. The van der Waals surface area contributed by atoms with Gasteiger partial charge in [-0.1, -0.05) is 6.92 Å². The third-order valence-corrected chi connectivity index (χ3v) is 3.30. The van der Waals surface area contributed by atoms with Crippen molar-refractivity contribution in [1.82, 2.24) is 4.90 Å². The van der Waals surface area contributed by atoms with Gasteiger partial charge < -0.3 is 20.0 Å². The van der Waals surface area contributed by atoms with Gasteiger partial charge in [0.25, 0.3) is 0 Å². The van der Waals surface area contributed by atoms with Crippen LogP contribution in [0, 0.1) is 17.9 Å². The van der Waals surface area contributed by atoms with Crippen LogP contribution < -0.4 is 0 Å². The molecule has 0 aliphatic carbocycles. The van der Waals surface area contributed by atoms with E-state index in [1.807, 2.05) is 14.0 Å². The molecule has 0 bridgehead atoms. The Hall–Kier alpha value is -0.630. The van der Waals surface area contributed by atoms with E-state index in [-0.39, 0.29) is 5.92 Å². The van der Waals surface area contributed by atoms with Gasteiger partial charge in [0.15, 0.2) is 6.29 Å². The van der Waals surface area contributed by atoms with E-state index in [1.54, 1.807) is 0 Å². The van der Waals surface area contributed by atoms with Gasteiger partial charge in [-0.25, -0.2) is 6.57 Å². The first kappa shape index (κ1) is 11.4. The Morgan fingerprint density at radius 2 is 2.29 bits per heavy atom. The largest absolute Gasteiger partial charge is 0.368 e. The Bertz CT molecular complexity index is 237. The van der Waals surface area contributed by atoms with Gasteiger partial charge in [0, 0.05) is 17.9 Å². The zero-order valence-electron chi connectivity index (χ0n) is 8.77. The zero-order valence-corrected chi connectivity index (χ0v) is 8.77. The molecule has 0 spiro atoms. The first-order chi connectivity index (χ1) is 6.50. The summed E-state index contributed by atoms with van der Waals surface area (Å²) >= 11 is 0. The predicted octanol–water partition coefficient (Wildman–Crippen LogP) is 0.174. The summed E-state index contributed by atoms with van der Waals surface area (Å²) < 4.78 is 0. The fraction of sp³-hybridized carbons (Fsp3) is 0.900. The Morgan fingerprint density at radius 1 is 1.64 bits per heavy atom. The molecule has 2 unspecified atom stereocenters. The first-order valence-electron chi connectivity index (χ1n) is 4.88. The Kier molecular flexibility index (Phi) is 3.48. The lowest BCUT2D eigenvalue weighted by atomic mass is 9.72. The van der Waals surface area contributed by atoms with E-state index in [9.17, 15) is 10.2 Å². The maximum atomic E-state index is 9.38. The van der Waals surface area contributed by atoms with Crippen LogP contribution in [0.25, 0.3) is 4.85 Å². The van der Waals surface area contributed by atoms with Gasteiger partial charge in [-0.3, -0.25) is 0 Å². The van der Waals surface area contributed by atoms with Crippen LogP contribution in [0.4, 0.5) is 0 Å². The summed E-state index contributed by atoms with van der Waals surface area (Å²) in [6, 6.07) is 0. The molecule has 0 amide bonds. The van der Waals surface area contributed by atoms with E-state index in [0.717, 1.165) is 13.0 Å². The molecule has 4 heteroatoms. The number of piperidine rings is 1. The van der Waals surface area contributed by atoms with E-state index in [2.05, 4.69) is 9.74 Å². The molecule has 0 aromatic rings. The number of aliphatic hydroxyl groups is 2. The van der Waals surface area contributed by atoms with Crippen molar-refractivity contribution in [2.24, 2.45) is 11.3 Å². The fourth-order valence-electron chi connectivity index (χ4n) is 2.20. The van der Waals surface area contributed by atoms with Crippen LogP contribution in [-0.2, 0) is 0 Å². The van der Waals surface area contributed by atoms with E-state index >= 15 is 0 Å². The Labute approximate surface area is 85.0 Å². The lowest BCUT2D eigenvalue weighted by Gasteiger charge is -2.44. The molecular formula is C10H18N2O2. The van der Waals surface area contributed by atoms with Crippen LogP contribution >= 0.6 is 0 Å². The van der Waals surface area contributed by atoms with E-state index < -0.39 is 11.7 Å². The lowest BCUT2D eigenvalue weighted by Crippen LogP contribution is -2.52. The minimum Gasteiger partial charge on any atom is -0.368 e. The molecule has 2 N–H and O–H groups in total. The molecule has 1 fully saturated rings. The molecule has 0 radical (unpaired) electrons. The highest BCUT2D eigenvalue weighted by atomic mass is 16.5. The minimum absolute atomic E-state index is 0.0937. The number of aliphatic hydroxyl groups excluding tert-OH is 1. The third kappa shape index (κ3) is 2.06. The summed E-state index contributed by atoms with van der Waals surface area (Å²) in [6.45, 7) is 10.7.